The molecular weight excluding hydrogens is 194 g/mol. The molecule has 1 heterocycles. The highest BCUT2D eigenvalue weighted by Crippen LogP contribution is 2.23. The number of alkyl halides is 2. The van der Waals surface area contributed by atoms with Crippen LogP contribution in [0.4, 0.5) is 8.78 Å². The minimum atomic E-state index is -2.47. The fraction of sp³-hybridized carbons (Fsp3) is 0.400. The van der Waals surface area contributed by atoms with Gasteiger partial charge in [-0.05, 0) is 0 Å². The van der Waals surface area contributed by atoms with Crippen LogP contribution in [0.1, 0.15) is 16.3 Å². The van der Waals surface area contributed by atoms with E-state index in [1.165, 1.54) is 6.20 Å². The highest BCUT2D eigenvalue weighted by Gasteiger charge is 2.10. The Morgan fingerprint density at radius 3 is 2.55 bits per heavy atom. The van der Waals surface area contributed by atoms with Crippen LogP contribution in [-0.2, 0) is 6.54 Å². The molecule has 0 saturated carbocycles. The molecule has 6 heteroatoms. The average molecular weight is 201 g/mol. The highest BCUT2D eigenvalue weighted by molar-refractivity contribution is 7.11. The van der Waals surface area contributed by atoms with Gasteiger partial charge in [-0.2, -0.15) is 0 Å². The number of nitrogens with zero attached hydrogens (tertiary/aromatic N) is 1. The Labute approximate surface area is 72.8 Å². The van der Waals surface area contributed by atoms with E-state index in [1.54, 1.807) is 0 Å². The molecule has 2 nitrogen and oxygen atoms in total. The fourth-order valence-corrected chi connectivity index (χ4v) is 1.17. The number of halogens is 3. The van der Waals surface area contributed by atoms with Gasteiger partial charge in [-0.15, -0.1) is 23.7 Å². The second-order valence-corrected chi connectivity index (χ2v) is 2.82. The molecule has 0 atom stereocenters. The van der Waals surface area contributed by atoms with Gasteiger partial charge in [-0.25, -0.2) is 13.8 Å². The first-order valence-corrected chi connectivity index (χ1v) is 3.48. The molecule has 11 heavy (non-hydrogen) atoms. The van der Waals surface area contributed by atoms with Crippen LogP contribution >= 0.6 is 23.7 Å². The molecule has 0 aliphatic heterocycles. The molecule has 0 spiro atoms. The highest BCUT2D eigenvalue weighted by atomic mass is 35.5. The van der Waals surface area contributed by atoms with E-state index in [4.69, 9.17) is 5.73 Å². The monoisotopic (exact) mass is 200 g/mol. The van der Waals surface area contributed by atoms with Gasteiger partial charge in [0.25, 0.3) is 6.43 Å². The van der Waals surface area contributed by atoms with Crippen LogP contribution in [0, 0.1) is 0 Å². The summed E-state index contributed by atoms with van der Waals surface area (Å²) in [5.74, 6) is 0. The second-order valence-electron chi connectivity index (χ2n) is 1.67. The van der Waals surface area contributed by atoms with E-state index in [9.17, 15) is 8.78 Å². The smallest absolute Gasteiger partial charge is 0.289 e. The van der Waals surface area contributed by atoms with Crippen molar-refractivity contribution in [3.63, 3.8) is 0 Å². The molecule has 0 unspecified atom stereocenters. The number of hydrogen-bond acceptors (Lipinski definition) is 3. The Morgan fingerprint density at radius 2 is 2.27 bits per heavy atom. The zero-order chi connectivity index (χ0) is 7.56. The Kier molecular flexibility index (Phi) is 4.48. The van der Waals surface area contributed by atoms with Gasteiger partial charge in [-0.3, -0.25) is 0 Å². The summed E-state index contributed by atoms with van der Waals surface area (Å²) in [6.07, 6.45) is -1.09. The van der Waals surface area contributed by atoms with Gasteiger partial charge in [0.05, 0.1) is 0 Å². The Hall–Kier alpha value is -0.260. The summed E-state index contributed by atoms with van der Waals surface area (Å²) >= 11 is 0.955. The molecule has 0 aromatic carbocycles. The summed E-state index contributed by atoms with van der Waals surface area (Å²) in [6.45, 7) is 0.282. The first kappa shape index (κ1) is 10.7. The first-order valence-electron chi connectivity index (χ1n) is 2.67. The zero-order valence-electron chi connectivity index (χ0n) is 5.46. The van der Waals surface area contributed by atoms with Crippen LogP contribution in [0.3, 0.4) is 0 Å². The van der Waals surface area contributed by atoms with Crippen molar-refractivity contribution in [2.45, 2.75) is 13.0 Å². The lowest BCUT2D eigenvalue weighted by atomic mass is 10.6. The van der Waals surface area contributed by atoms with Crippen LogP contribution in [0.25, 0.3) is 0 Å². The molecule has 2 N–H and O–H groups in total. The lowest BCUT2D eigenvalue weighted by molar-refractivity contribution is 0.151. The lowest BCUT2D eigenvalue weighted by Gasteiger charge is -1.87. The molecule has 0 bridgehead atoms. The Morgan fingerprint density at radius 1 is 1.64 bits per heavy atom. The molecule has 0 aliphatic carbocycles. The molecule has 64 valence electrons. The van der Waals surface area contributed by atoms with E-state index in [-0.39, 0.29) is 24.0 Å². The van der Waals surface area contributed by atoms with Gasteiger partial charge in [0, 0.05) is 17.6 Å². The number of aromatic nitrogens is 1. The predicted molar refractivity (Wildman–Crippen MR) is 42.2 cm³/mol. The van der Waals surface area contributed by atoms with Crippen molar-refractivity contribution in [3.8, 4) is 0 Å². The fourth-order valence-electron chi connectivity index (χ4n) is 0.518. The maximum Gasteiger partial charge on any atom is 0.289 e. The lowest BCUT2D eigenvalue weighted by Crippen LogP contribution is -1.91. The third kappa shape index (κ3) is 2.69. The quantitative estimate of drug-likeness (QED) is 0.793. The molecule has 0 saturated heterocycles. The summed E-state index contributed by atoms with van der Waals surface area (Å²) in [5.41, 5.74) is 5.19. The minimum Gasteiger partial charge on any atom is -0.326 e. The third-order valence-corrected chi connectivity index (χ3v) is 1.99. The van der Waals surface area contributed by atoms with Gasteiger partial charge in [-0.1, -0.05) is 0 Å². The Balaban J connectivity index is 0.000001000. The molecule has 0 radical (unpaired) electrons. The maximum atomic E-state index is 11.8. The zero-order valence-corrected chi connectivity index (χ0v) is 7.09. The van der Waals surface area contributed by atoms with E-state index in [0.29, 0.717) is 4.88 Å². The van der Waals surface area contributed by atoms with Crippen molar-refractivity contribution >= 4 is 23.7 Å². The number of nitrogens with two attached hydrogens (primary N) is 1. The average Bonchev–Trinajstić information content (AvgIpc) is 2.34. The van der Waals surface area contributed by atoms with Crippen LogP contribution in [0.5, 0.6) is 0 Å². The summed E-state index contributed by atoms with van der Waals surface area (Å²) in [7, 11) is 0. The van der Waals surface area contributed by atoms with Crippen molar-refractivity contribution in [1.82, 2.24) is 4.98 Å². The molecule has 0 fully saturated rings. The van der Waals surface area contributed by atoms with Gasteiger partial charge >= 0.3 is 0 Å². The van der Waals surface area contributed by atoms with E-state index in [1.807, 2.05) is 0 Å². The van der Waals surface area contributed by atoms with Gasteiger partial charge in [0.1, 0.15) is 0 Å². The molecular formula is C5H7ClF2N2S. The number of hydrogen-bond donors (Lipinski definition) is 1. The summed E-state index contributed by atoms with van der Waals surface area (Å²) in [6, 6.07) is 0. The first-order chi connectivity index (χ1) is 4.74. The van der Waals surface area contributed by atoms with Crippen LogP contribution < -0.4 is 5.73 Å². The van der Waals surface area contributed by atoms with Crippen molar-refractivity contribution < 1.29 is 8.78 Å². The molecule has 1 rings (SSSR count). The summed E-state index contributed by atoms with van der Waals surface area (Å²) in [4.78, 5) is 4.17. The normalized spacial score (nSPS) is 9.82. The van der Waals surface area contributed by atoms with E-state index >= 15 is 0 Å². The van der Waals surface area contributed by atoms with E-state index < -0.39 is 6.43 Å². The van der Waals surface area contributed by atoms with Crippen molar-refractivity contribution in [2.75, 3.05) is 0 Å². The third-order valence-electron chi connectivity index (χ3n) is 0.959. The SMILES string of the molecule is Cl.NCc1cnc(C(F)F)s1. The molecule has 0 amide bonds. The second kappa shape index (κ2) is 4.58. The van der Waals surface area contributed by atoms with Crippen LogP contribution in [-0.4, -0.2) is 4.98 Å². The van der Waals surface area contributed by atoms with Crippen LogP contribution in [0.15, 0.2) is 6.20 Å². The van der Waals surface area contributed by atoms with Crippen LogP contribution in [0.2, 0.25) is 0 Å². The van der Waals surface area contributed by atoms with Crippen molar-refractivity contribution in [3.05, 3.63) is 16.1 Å². The summed E-state index contributed by atoms with van der Waals surface area (Å²) in [5, 5.41) is -0.152. The number of rotatable bonds is 2. The maximum absolute atomic E-state index is 11.8. The Bertz CT molecular complexity index is 216. The van der Waals surface area contributed by atoms with Gasteiger partial charge < -0.3 is 5.73 Å². The number of thiazole rings is 1. The molecule has 0 aliphatic rings. The van der Waals surface area contributed by atoms with E-state index in [0.717, 1.165) is 11.3 Å². The minimum absolute atomic E-state index is 0. The predicted octanol–water partition coefficient (Wildman–Crippen LogP) is 1.96. The standard InChI is InChI=1S/C5H6F2N2S.ClH/c6-4(7)5-9-2-3(1-8)10-5;/h2,4H,1,8H2;1H. The van der Waals surface area contributed by atoms with Crippen molar-refractivity contribution in [1.29, 1.82) is 0 Å². The van der Waals surface area contributed by atoms with E-state index in [2.05, 4.69) is 4.98 Å². The van der Waals surface area contributed by atoms with Gasteiger partial charge in [0.15, 0.2) is 5.01 Å². The largest absolute Gasteiger partial charge is 0.326 e. The van der Waals surface area contributed by atoms with Crippen molar-refractivity contribution in [2.24, 2.45) is 5.73 Å². The molecule has 1 aromatic heterocycles. The topological polar surface area (TPSA) is 38.9 Å². The summed E-state index contributed by atoms with van der Waals surface area (Å²) < 4.78 is 23.6. The molecule has 1 aromatic rings. The van der Waals surface area contributed by atoms with Gasteiger partial charge in [0.2, 0.25) is 0 Å².